The van der Waals surface area contributed by atoms with Crippen LogP contribution in [0.5, 0.6) is 0 Å². The Bertz CT molecular complexity index is 871. The molecule has 0 spiro atoms. The first-order valence-electron chi connectivity index (χ1n) is 8.41. The Morgan fingerprint density at radius 2 is 2.00 bits per heavy atom. The maximum absolute atomic E-state index is 13.2. The van der Waals surface area contributed by atoms with Crippen molar-refractivity contribution in [2.45, 2.75) is 45.1 Å². The lowest BCUT2D eigenvalue weighted by atomic mass is 10.1. The number of nitrogens with zero attached hydrogens (tertiary/aromatic N) is 5. The summed E-state index contributed by atoms with van der Waals surface area (Å²) in [5.74, 6) is 1.83. The van der Waals surface area contributed by atoms with Crippen LogP contribution in [-0.2, 0) is 20.0 Å². The summed E-state index contributed by atoms with van der Waals surface area (Å²) in [5.41, 5.74) is 1.08. The zero-order chi connectivity index (χ0) is 17.7. The van der Waals surface area contributed by atoms with E-state index in [0.717, 1.165) is 18.5 Å². The van der Waals surface area contributed by atoms with Crippen LogP contribution in [0, 0.1) is 6.92 Å². The van der Waals surface area contributed by atoms with E-state index < -0.39 is 6.43 Å². The highest BCUT2D eigenvalue weighted by Crippen LogP contribution is 2.39. The summed E-state index contributed by atoms with van der Waals surface area (Å²) >= 11 is 0. The van der Waals surface area contributed by atoms with Crippen LogP contribution in [0.3, 0.4) is 0 Å². The summed E-state index contributed by atoms with van der Waals surface area (Å²) in [6.07, 6.45) is -0.148. The van der Waals surface area contributed by atoms with Crippen molar-refractivity contribution < 1.29 is 8.78 Å². The second-order valence-corrected chi connectivity index (χ2v) is 6.70. The molecule has 0 N–H and O–H groups in total. The zero-order valence-electron chi connectivity index (χ0n) is 14.2. The van der Waals surface area contributed by atoms with Gasteiger partial charge in [-0.2, -0.15) is 0 Å². The smallest absolute Gasteiger partial charge is 0.280 e. The second-order valence-electron chi connectivity index (χ2n) is 6.70. The molecule has 3 heterocycles. The highest BCUT2D eigenvalue weighted by molar-refractivity contribution is 5.44. The average molecular weight is 347 g/mol. The maximum Gasteiger partial charge on any atom is 0.280 e. The summed E-state index contributed by atoms with van der Waals surface area (Å²) in [6.45, 7) is 2.73. The van der Waals surface area contributed by atoms with Crippen LogP contribution in [-0.4, -0.2) is 26.1 Å². The van der Waals surface area contributed by atoms with Gasteiger partial charge in [0.05, 0.1) is 17.8 Å². The molecule has 2 aromatic rings. The molecule has 25 heavy (non-hydrogen) atoms. The first kappa shape index (κ1) is 16.1. The molecule has 0 aromatic carbocycles. The second kappa shape index (κ2) is 5.86. The van der Waals surface area contributed by atoms with Crippen molar-refractivity contribution in [1.29, 1.82) is 0 Å². The molecule has 0 saturated heterocycles. The minimum absolute atomic E-state index is 0.0854. The fourth-order valence-electron chi connectivity index (χ4n) is 3.15. The SMILES string of the molecule is Cc1nc2c(c(=O)n1C)CN(c1cc(C(F)F)nc(C3CC3)n1)CC2. The molecule has 1 fully saturated rings. The molecule has 0 unspecified atom stereocenters. The van der Waals surface area contributed by atoms with Crippen molar-refractivity contribution in [1.82, 2.24) is 19.5 Å². The molecule has 6 nitrogen and oxygen atoms in total. The molecule has 4 rings (SSSR count). The molecule has 0 radical (unpaired) electrons. The van der Waals surface area contributed by atoms with Crippen LogP contribution >= 0.6 is 0 Å². The van der Waals surface area contributed by atoms with Crippen molar-refractivity contribution in [3.63, 3.8) is 0 Å². The standard InChI is InChI=1S/C17H19F2N5O/c1-9-20-12-5-6-24(8-11(12)17(25)23(9)2)14-7-13(15(18)19)21-16(22-14)10-3-4-10/h7,10,15H,3-6,8H2,1-2H3. The van der Waals surface area contributed by atoms with Gasteiger partial charge in [-0.3, -0.25) is 9.36 Å². The van der Waals surface area contributed by atoms with Crippen molar-refractivity contribution >= 4 is 5.82 Å². The van der Waals surface area contributed by atoms with E-state index in [1.807, 2.05) is 4.90 Å². The Labute approximate surface area is 143 Å². The Morgan fingerprint density at radius 3 is 2.68 bits per heavy atom. The van der Waals surface area contributed by atoms with Crippen LogP contribution in [0.2, 0.25) is 0 Å². The van der Waals surface area contributed by atoms with Gasteiger partial charge in [-0.15, -0.1) is 0 Å². The Balaban J connectivity index is 1.72. The number of rotatable bonds is 3. The average Bonchev–Trinajstić information content (AvgIpc) is 3.44. The van der Waals surface area contributed by atoms with Crippen molar-refractivity contribution in [2.24, 2.45) is 7.05 Å². The summed E-state index contributed by atoms with van der Waals surface area (Å²) in [7, 11) is 1.69. The number of aryl methyl sites for hydroxylation is 1. The number of aromatic nitrogens is 4. The van der Waals surface area contributed by atoms with Crippen LogP contribution < -0.4 is 10.5 Å². The van der Waals surface area contributed by atoms with Gasteiger partial charge in [-0.25, -0.2) is 23.7 Å². The topological polar surface area (TPSA) is 63.9 Å². The minimum Gasteiger partial charge on any atom is -0.351 e. The Morgan fingerprint density at radius 1 is 1.24 bits per heavy atom. The van der Waals surface area contributed by atoms with Crippen molar-refractivity contribution in [3.05, 3.63) is 45.0 Å². The van der Waals surface area contributed by atoms with Crippen LogP contribution in [0.15, 0.2) is 10.9 Å². The van der Waals surface area contributed by atoms with E-state index >= 15 is 0 Å². The van der Waals surface area contributed by atoms with Gasteiger partial charge in [-0.05, 0) is 19.8 Å². The number of hydrogen-bond donors (Lipinski definition) is 0. The van der Waals surface area contributed by atoms with Crippen molar-refractivity contribution in [3.8, 4) is 0 Å². The number of hydrogen-bond acceptors (Lipinski definition) is 5. The van der Waals surface area contributed by atoms with Crippen LogP contribution in [0.25, 0.3) is 0 Å². The number of alkyl halides is 2. The van der Waals surface area contributed by atoms with Gasteiger partial charge in [0.1, 0.15) is 23.2 Å². The van der Waals surface area contributed by atoms with E-state index in [4.69, 9.17) is 0 Å². The van der Waals surface area contributed by atoms with Gasteiger partial charge in [0.25, 0.3) is 12.0 Å². The molecule has 0 atom stereocenters. The summed E-state index contributed by atoms with van der Waals surface area (Å²) in [6, 6.07) is 1.34. The third kappa shape index (κ3) is 2.89. The molecule has 2 aromatic heterocycles. The van der Waals surface area contributed by atoms with Gasteiger partial charge in [0.2, 0.25) is 0 Å². The van der Waals surface area contributed by atoms with Gasteiger partial charge in [0, 0.05) is 32.0 Å². The van der Waals surface area contributed by atoms with E-state index in [0.29, 0.717) is 42.5 Å². The lowest BCUT2D eigenvalue weighted by Crippen LogP contribution is -2.38. The van der Waals surface area contributed by atoms with Crippen LogP contribution in [0.4, 0.5) is 14.6 Å². The van der Waals surface area contributed by atoms with Gasteiger partial charge in [-0.1, -0.05) is 0 Å². The fourth-order valence-corrected chi connectivity index (χ4v) is 3.15. The largest absolute Gasteiger partial charge is 0.351 e. The third-order valence-corrected chi connectivity index (χ3v) is 4.90. The van der Waals surface area contributed by atoms with Gasteiger partial charge < -0.3 is 4.90 Å². The van der Waals surface area contributed by atoms with E-state index in [1.54, 1.807) is 14.0 Å². The van der Waals surface area contributed by atoms with Crippen LogP contribution in [0.1, 0.15) is 53.8 Å². The summed E-state index contributed by atoms with van der Waals surface area (Å²) in [4.78, 5) is 27.4. The van der Waals surface area contributed by atoms with E-state index in [-0.39, 0.29) is 17.2 Å². The Hall–Kier alpha value is -2.38. The molecule has 132 valence electrons. The number of fused-ring (bicyclic) bond motifs is 1. The first-order valence-corrected chi connectivity index (χ1v) is 8.41. The molecule has 2 aliphatic rings. The quantitative estimate of drug-likeness (QED) is 0.852. The minimum atomic E-state index is -2.63. The number of halogens is 2. The molecule has 0 amide bonds. The predicted octanol–water partition coefficient (Wildman–Crippen LogP) is 2.26. The molecule has 1 aliphatic heterocycles. The summed E-state index contributed by atoms with van der Waals surface area (Å²) < 4.78 is 27.9. The van der Waals surface area contributed by atoms with Gasteiger partial charge in [0.15, 0.2) is 0 Å². The third-order valence-electron chi connectivity index (χ3n) is 4.90. The normalized spacial score (nSPS) is 17.1. The highest BCUT2D eigenvalue weighted by atomic mass is 19.3. The molecule has 1 saturated carbocycles. The fraction of sp³-hybridized carbons (Fsp3) is 0.529. The van der Waals surface area contributed by atoms with Gasteiger partial charge >= 0.3 is 0 Å². The maximum atomic E-state index is 13.2. The molecular weight excluding hydrogens is 328 g/mol. The predicted molar refractivity (Wildman–Crippen MR) is 87.9 cm³/mol. The molecular formula is C17H19F2N5O. The molecule has 0 bridgehead atoms. The monoisotopic (exact) mass is 347 g/mol. The van der Waals surface area contributed by atoms with Crippen molar-refractivity contribution in [2.75, 3.05) is 11.4 Å². The highest BCUT2D eigenvalue weighted by Gasteiger charge is 2.30. The first-order chi connectivity index (χ1) is 11.9. The summed E-state index contributed by atoms with van der Waals surface area (Å²) in [5, 5.41) is 0. The van der Waals surface area contributed by atoms with E-state index in [1.165, 1.54) is 10.6 Å². The lowest BCUT2D eigenvalue weighted by Gasteiger charge is -2.29. The number of anilines is 1. The zero-order valence-corrected chi connectivity index (χ0v) is 14.2. The molecule has 1 aliphatic carbocycles. The van der Waals surface area contributed by atoms with E-state index in [2.05, 4.69) is 15.0 Å². The van der Waals surface area contributed by atoms with E-state index in [9.17, 15) is 13.6 Å². The Kier molecular flexibility index (Phi) is 3.77. The molecule has 8 heteroatoms. The lowest BCUT2D eigenvalue weighted by molar-refractivity contribution is 0.145.